The van der Waals surface area contributed by atoms with E-state index in [4.69, 9.17) is 5.73 Å². The molecule has 0 aromatic heterocycles. The molecule has 2 aliphatic rings. The van der Waals surface area contributed by atoms with Crippen LogP contribution in [0.3, 0.4) is 0 Å². The van der Waals surface area contributed by atoms with Crippen LogP contribution in [0.2, 0.25) is 0 Å². The van der Waals surface area contributed by atoms with Crippen LogP contribution in [-0.2, 0) is 0 Å². The van der Waals surface area contributed by atoms with E-state index in [0.29, 0.717) is 18.1 Å². The fourth-order valence-electron chi connectivity index (χ4n) is 2.99. The van der Waals surface area contributed by atoms with Gasteiger partial charge in [0.25, 0.3) is 0 Å². The second-order valence-electron chi connectivity index (χ2n) is 4.88. The predicted molar refractivity (Wildman–Crippen MR) is 57.0 cm³/mol. The lowest BCUT2D eigenvalue weighted by Crippen LogP contribution is -2.49. The van der Waals surface area contributed by atoms with Gasteiger partial charge >= 0.3 is 0 Å². The Hall–Kier alpha value is -0.120. The van der Waals surface area contributed by atoms with E-state index in [0.717, 1.165) is 25.8 Å². The smallest absolute Gasteiger partial charge is 0.0664 e. The number of nitrogens with two attached hydrogens (primary N) is 1. The van der Waals surface area contributed by atoms with E-state index in [1.807, 2.05) is 6.92 Å². The number of aliphatic hydroxyl groups excluding tert-OH is 1. The third kappa shape index (κ3) is 1.95. The molecule has 3 nitrogen and oxygen atoms in total. The molecular weight excluding hydrogens is 176 g/mol. The fraction of sp³-hybridized carbons (Fsp3) is 1.00. The molecular formula is C11H22N2O. The third-order valence-corrected chi connectivity index (χ3v) is 3.81. The van der Waals surface area contributed by atoms with E-state index >= 15 is 0 Å². The molecule has 2 rings (SSSR count). The van der Waals surface area contributed by atoms with Crippen molar-refractivity contribution in [3.63, 3.8) is 0 Å². The quantitative estimate of drug-likeness (QED) is 0.702. The molecule has 0 amide bonds. The van der Waals surface area contributed by atoms with Gasteiger partial charge in [-0.2, -0.15) is 0 Å². The number of piperidine rings is 1. The predicted octanol–water partition coefficient (Wildman–Crippen LogP) is 0.711. The van der Waals surface area contributed by atoms with Crippen molar-refractivity contribution in [3.05, 3.63) is 0 Å². The van der Waals surface area contributed by atoms with Gasteiger partial charge in [-0.3, -0.25) is 4.90 Å². The van der Waals surface area contributed by atoms with Crippen molar-refractivity contribution in [1.29, 1.82) is 0 Å². The number of hydrogen-bond donors (Lipinski definition) is 2. The molecule has 2 aliphatic heterocycles. The minimum atomic E-state index is -0.146. The number of nitrogens with zero attached hydrogens (tertiary/aromatic N) is 1. The van der Waals surface area contributed by atoms with Crippen LogP contribution in [0.1, 0.15) is 39.0 Å². The summed E-state index contributed by atoms with van der Waals surface area (Å²) in [5.41, 5.74) is 5.99. The summed E-state index contributed by atoms with van der Waals surface area (Å²) in [5.74, 6) is 0. The van der Waals surface area contributed by atoms with Crippen molar-refractivity contribution in [2.24, 2.45) is 5.73 Å². The standard InChI is InChI=1S/C11H22N2O/c1-2-11(14)7-13-9-3-4-10(13)6-8(12)5-9/h8-11,14H,2-7,12H2,1H3. The van der Waals surface area contributed by atoms with Crippen molar-refractivity contribution in [3.8, 4) is 0 Å². The van der Waals surface area contributed by atoms with Crippen LogP contribution < -0.4 is 5.73 Å². The molecule has 2 bridgehead atoms. The Balaban J connectivity index is 1.94. The molecule has 2 saturated heterocycles. The molecule has 3 atom stereocenters. The van der Waals surface area contributed by atoms with E-state index < -0.39 is 0 Å². The lowest BCUT2D eigenvalue weighted by atomic mass is 9.97. The highest BCUT2D eigenvalue weighted by Crippen LogP contribution is 2.35. The van der Waals surface area contributed by atoms with Crippen LogP contribution in [0.15, 0.2) is 0 Å². The highest BCUT2D eigenvalue weighted by Gasteiger charge is 2.39. The van der Waals surface area contributed by atoms with Crippen LogP contribution in [0.25, 0.3) is 0 Å². The Bertz CT molecular complexity index is 184. The average molecular weight is 198 g/mol. The average Bonchev–Trinajstić information content (AvgIpc) is 2.41. The van der Waals surface area contributed by atoms with Crippen molar-refractivity contribution in [2.45, 2.75) is 63.3 Å². The van der Waals surface area contributed by atoms with Crippen LogP contribution in [0.4, 0.5) is 0 Å². The molecule has 3 N–H and O–H groups in total. The lowest BCUT2D eigenvalue weighted by molar-refractivity contribution is 0.0553. The maximum Gasteiger partial charge on any atom is 0.0664 e. The van der Waals surface area contributed by atoms with E-state index in [1.165, 1.54) is 12.8 Å². The zero-order chi connectivity index (χ0) is 10.1. The number of rotatable bonds is 3. The highest BCUT2D eigenvalue weighted by atomic mass is 16.3. The Morgan fingerprint density at radius 1 is 1.36 bits per heavy atom. The van der Waals surface area contributed by atoms with E-state index in [-0.39, 0.29) is 6.10 Å². The summed E-state index contributed by atoms with van der Waals surface area (Å²) >= 11 is 0. The first kappa shape index (κ1) is 10.4. The molecule has 0 saturated carbocycles. The zero-order valence-corrected chi connectivity index (χ0v) is 9.02. The van der Waals surface area contributed by atoms with Gasteiger partial charge in [-0.25, -0.2) is 0 Å². The van der Waals surface area contributed by atoms with Gasteiger partial charge in [0.15, 0.2) is 0 Å². The summed E-state index contributed by atoms with van der Waals surface area (Å²) in [6, 6.07) is 1.72. The largest absolute Gasteiger partial charge is 0.392 e. The van der Waals surface area contributed by atoms with E-state index in [1.54, 1.807) is 0 Å². The third-order valence-electron chi connectivity index (χ3n) is 3.81. The summed E-state index contributed by atoms with van der Waals surface area (Å²) in [7, 11) is 0. The Morgan fingerprint density at radius 3 is 2.43 bits per heavy atom. The molecule has 0 aliphatic carbocycles. The Labute approximate surface area is 86.3 Å². The van der Waals surface area contributed by atoms with Gasteiger partial charge in [0.05, 0.1) is 6.10 Å². The topological polar surface area (TPSA) is 49.5 Å². The van der Waals surface area contributed by atoms with Crippen LogP contribution in [0.5, 0.6) is 0 Å². The minimum absolute atomic E-state index is 0.146. The van der Waals surface area contributed by atoms with Crippen molar-refractivity contribution in [2.75, 3.05) is 6.54 Å². The molecule has 2 heterocycles. The maximum atomic E-state index is 9.67. The second kappa shape index (κ2) is 4.17. The van der Waals surface area contributed by atoms with Gasteiger partial charge in [-0.05, 0) is 32.1 Å². The van der Waals surface area contributed by atoms with Crippen molar-refractivity contribution in [1.82, 2.24) is 4.90 Å². The van der Waals surface area contributed by atoms with Gasteiger partial charge in [-0.15, -0.1) is 0 Å². The Morgan fingerprint density at radius 2 is 1.93 bits per heavy atom. The highest BCUT2D eigenvalue weighted by molar-refractivity contribution is 4.96. The van der Waals surface area contributed by atoms with E-state index in [9.17, 15) is 5.11 Å². The molecule has 82 valence electrons. The first-order valence-corrected chi connectivity index (χ1v) is 5.90. The summed E-state index contributed by atoms with van der Waals surface area (Å²) in [6.07, 6.45) is 5.55. The first-order valence-electron chi connectivity index (χ1n) is 5.90. The minimum Gasteiger partial charge on any atom is -0.392 e. The maximum absolute atomic E-state index is 9.67. The normalized spacial score (nSPS) is 40.1. The molecule has 3 unspecified atom stereocenters. The molecule has 14 heavy (non-hydrogen) atoms. The van der Waals surface area contributed by atoms with Gasteiger partial charge < -0.3 is 10.8 Å². The van der Waals surface area contributed by atoms with Gasteiger partial charge in [-0.1, -0.05) is 6.92 Å². The van der Waals surface area contributed by atoms with Crippen LogP contribution in [0, 0.1) is 0 Å². The summed E-state index contributed by atoms with van der Waals surface area (Å²) in [6.45, 7) is 2.90. The van der Waals surface area contributed by atoms with Crippen LogP contribution >= 0.6 is 0 Å². The molecule has 0 spiro atoms. The van der Waals surface area contributed by atoms with Gasteiger partial charge in [0.1, 0.15) is 0 Å². The SMILES string of the molecule is CCC(O)CN1C2CCC1CC(N)C2. The summed E-state index contributed by atoms with van der Waals surface area (Å²) in [4.78, 5) is 2.50. The number of fused-ring (bicyclic) bond motifs is 2. The second-order valence-corrected chi connectivity index (χ2v) is 4.88. The number of aliphatic hydroxyl groups is 1. The first-order chi connectivity index (χ1) is 6.70. The molecule has 0 radical (unpaired) electrons. The monoisotopic (exact) mass is 198 g/mol. The Kier molecular flexibility index (Phi) is 3.10. The molecule has 3 heteroatoms. The summed E-state index contributed by atoms with van der Waals surface area (Å²) < 4.78 is 0. The van der Waals surface area contributed by atoms with Crippen LogP contribution in [-0.4, -0.2) is 40.8 Å². The van der Waals surface area contributed by atoms with Gasteiger partial charge in [0, 0.05) is 24.7 Å². The molecule has 0 aromatic carbocycles. The lowest BCUT2D eigenvalue weighted by Gasteiger charge is -2.38. The fourth-order valence-corrected chi connectivity index (χ4v) is 2.99. The molecule has 2 fully saturated rings. The van der Waals surface area contributed by atoms with Crippen molar-refractivity contribution < 1.29 is 5.11 Å². The van der Waals surface area contributed by atoms with Gasteiger partial charge in [0.2, 0.25) is 0 Å². The zero-order valence-electron chi connectivity index (χ0n) is 9.02. The molecule has 0 aromatic rings. The summed E-state index contributed by atoms with van der Waals surface area (Å²) in [5, 5.41) is 9.67. The van der Waals surface area contributed by atoms with Crippen molar-refractivity contribution >= 4 is 0 Å². The number of hydrogen-bond acceptors (Lipinski definition) is 3. The van der Waals surface area contributed by atoms with E-state index in [2.05, 4.69) is 4.90 Å².